The fraction of sp³-hybridized carbons (Fsp3) is 0. The van der Waals surface area contributed by atoms with Crippen LogP contribution in [-0.2, 0) is 0 Å². The van der Waals surface area contributed by atoms with Crippen LogP contribution in [0.15, 0.2) is 95.8 Å². The molecule has 4 heterocycles. The van der Waals surface area contributed by atoms with Gasteiger partial charge in [0.15, 0.2) is 12.4 Å². The molecule has 0 saturated carbocycles. The van der Waals surface area contributed by atoms with Gasteiger partial charge in [0.25, 0.3) is 0 Å². The molecule has 0 bridgehead atoms. The molecule has 7 rings (SSSR count). The van der Waals surface area contributed by atoms with E-state index in [1.807, 2.05) is 30.6 Å². The summed E-state index contributed by atoms with van der Waals surface area (Å²) in [5, 5.41) is 6.03. The molecule has 3 aromatic carbocycles. The second kappa shape index (κ2) is 8.23. The van der Waals surface area contributed by atoms with Crippen molar-refractivity contribution in [3.63, 3.8) is 0 Å². The van der Waals surface area contributed by atoms with Crippen LogP contribution in [0.5, 0.6) is 0 Å². The molecule has 0 aliphatic carbocycles. The fourth-order valence-electron chi connectivity index (χ4n) is 5.04. The van der Waals surface area contributed by atoms with Crippen molar-refractivity contribution in [2.75, 3.05) is 0 Å². The quantitative estimate of drug-likeness (QED) is 0.143. The molecule has 0 radical (unpaired) electrons. The van der Waals surface area contributed by atoms with Gasteiger partial charge < -0.3 is 4.42 Å². The fourth-order valence-corrected chi connectivity index (χ4v) is 6.30. The maximum atomic E-state index is 6.28. The highest BCUT2D eigenvalue weighted by molar-refractivity contribution is 14.1. The minimum atomic E-state index is 0.919. The summed E-state index contributed by atoms with van der Waals surface area (Å²) in [5.41, 5.74) is 7.28. The van der Waals surface area contributed by atoms with E-state index in [0.29, 0.717) is 0 Å². The number of rotatable bonds is 3. The minimum Gasteiger partial charge on any atom is -0.456 e. The topological polar surface area (TPSA) is 33.8 Å². The van der Waals surface area contributed by atoms with Crippen molar-refractivity contribution in [1.29, 1.82) is 0 Å². The molecule has 0 atom stereocenters. The summed E-state index contributed by atoms with van der Waals surface area (Å²) in [6, 6.07) is 25.1. The maximum Gasteiger partial charge on any atom is 0.354 e. The SMILES string of the molecule is I[n+]1ccccc1-c1ncccc1/C=C/c1ccc2oc3cccc4c5ccc[n+](I)c5c1c2c34. The Morgan fingerprint density at radius 3 is 2.40 bits per heavy atom. The first-order valence-corrected chi connectivity index (χ1v) is 13.1. The lowest BCUT2D eigenvalue weighted by Gasteiger charge is -2.08. The van der Waals surface area contributed by atoms with Gasteiger partial charge in [-0.25, -0.2) is 4.98 Å². The van der Waals surface area contributed by atoms with E-state index in [2.05, 4.69) is 124 Å². The molecule has 166 valence electrons. The van der Waals surface area contributed by atoms with Crippen LogP contribution in [0, 0.1) is 0 Å². The molecule has 0 amide bonds. The Morgan fingerprint density at radius 1 is 0.657 bits per heavy atom. The number of pyridine rings is 3. The molecule has 0 spiro atoms. The molecule has 6 heteroatoms. The lowest BCUT2D eigenvalue weighted by molar-refractivity contribution is -0.427. The van der Waals surface area contributed by atoms with Crippen LogP contribution in [0.4, 0.5) is 0 Å². The molecule has 4 nitrogen and oxygen atoms in total. The van der Waals surface area contributed by atoms with Crippen LogP contribution in [0.2, 0.25) is 0 Å². The Bertz CT molecular complexity index is 1940. The monoisotopic (exact) mass is 677 g/mol. The standard InChI is InChI=1S/C29H17I2N3O/c30-33-16-2-1-9-22(33)28-19(6-4-15-32-28)12-11-18-13-14-24-27-25(18)29-21(8-5-17-34(29)31)20-7-3-10-23(35-24)26(20)27/h1-17H/q+2. The van der Waals surface area contributed by atoms with Gasteiger partial charge in [0.2, 0.25) is 11.2 Å². The van der Waals surface area contributed by atoms with Crippen LogP contribution in [0.1, 0.15) is 11.1 Å². The first kappa shape index (κ1) is 21.2. The van der Waals surface area contributed by atoms with Crippen LogP contribution >= 0.6 is 45.7 Å². The maximum absolute atomic E-state index is 6.28. The van der Waals surface area contributed by atoms with Gasteiger partial charge in [-0.1, -0.05) is 36.4 Å². The van der Waals surface area contributed by atoms with Gasteiger partial charge in [0.1, 0.15) is 16.9 Å². The van der Waals surface area contributed by atoms with Gasteiger partial charge in [-0.2, -0.15) is 0 Å². The number of nitrogens with zero attached hydrogens (tertiary/aromatic N) is 3. The molecule has 0 aliphatic rings. The number of aromatic nitrogens is 3. The van der Waals surface area contributed by atoms with Gasteiger partial charge >= 0.3 is 45.7 Å². The third-order valence-electron chi connectivity index (χ3n) is 6.51. The van der Waals surface area contributed by atoms with Gasteiger partial charge in [-0.3, -0.25) is 0 Å². The summed E-state index contributed by atoms with van der Waals surface area (Å²) in [6.45, 7) is 0. The van der Waals surface area contributed by atoms with Gasteiger partial charge in [-0.15, -0.1) is 5.56 Å². The largest absolute Gasteiger partial charge is 0.456 e. The zero-order valence-corrected chi connectivity index (χ0v) is 22.6. The predicted octanol–water partition coefficient (Wildman–Crippen LogP) is 7.53. The molecular formula is C29H17I2N3O+2. The van der Waals surface area contributed by atoms with Gasteiger partial charge in [0.05, 0.1) is 10.8 Å². The summed E-state index contributed by atoms with van der Waals surface area (Å²) < 4.78 is 10.5. The zero-order valence-electron chi connectivity index (χ0n) is 18.3. The first-order valence-electron chi connectivity index (χ1n) is 11.2. The van der Waals surface area contributed by atoms with Crippen molar-refractivity contribution < 1.29 is 9.98 Å². The molecule has 7 aromatic rings. The highest BCUT2D eigenvalue weighted by atomic mass is 127. The number of fused-ring (bicyclic) bond motifs is 3. The molecule has 0 unspecified atom stereocenters. The zero-order chi connectivity index (χ0) is 23.5. The van der Waals surface area contributed by atoms with Crippen LogP contribution in [-0.4, -0.2) is 4.98 Å². The van der Waals surface area contributed by atoms with E-state index in [4.69, 9.17) is 9.40 Å². The van der Waals surface area contributed by atoms with Crippen molar-refractivity contribution >= 4 is 101 Å². The van der Waals surface area contributed by atoms with Gasteiger partial charge in [-0.05, 0) is 35.9 Å². The van der Waals surface area contributed by atoms with E-state index in [9.17, 15) is 0 Å². The van der Waals surface area contributed by atoms with E-state index in [0.717, 1.165) is 33.7 Å². The van der Waals surface area contributed by atoms with Crippen LogP contribution in [0.25, 0.3) is 67.2 Å². The predicted molar refractivity (Wildman–Crippen MR) is 158 cm³/mol. The second-order valence-electron chi connectivity index (χ2n) is 8.44. The third kappa shape index (κ3) is 3.26. The Balaban J connectivity index is 1.52. The summed E-state index contributed by atoms with van der Waals surface area (Å²) in [6.07, 6.45) is 10.4. The summed E-state index contributed by atoms with van der Waals surface area (Å²) >= 11 is 4.68. The second-order valence-corrected chi connectivity index (χ2v) is 10.5. The summed E-state index contributed by atoms with van der Waals surface area (Å²) in [7, 11) is 0. The van der Waals surface area contributed by atoms with Crippen LogP contribution in [0.3, 0.4) is 0 Å². The molecule has 35 heavy (non-hydrogen) atoms. The third-order valence-corrected chi connectivity index (χ3v) is 8.15. The molecule has 0 fully saturated rings. The summed E-state index contributed by atoms with van der Waals surface area (Å²) in [5.74, 6) is 0. The molecule has 4 aromatic heterocycles. The Morgan fingerprint density at radius 2 is 1.49 bits per heavy atom. The highest BCUT2D eigenvalue weighted by Gasteiger charge is 2.23. The lowest BCUT2D eigenvalue weighted by atomic mass is 9.94. The van der Waals surface area contributed by atoms with Crippen molar-refractivity contribution in [3.8, 4) is 11.4 Å². The minimum absolute atomic E-state index is 0.919. The van der Waals surface area contributed by atoms with E-state index >= 15 is 0 Å². The smallest absolute Gasteiger partial charge is 0.354 e. The summed E-state index contributed by atoms with van der Waals surface area (Å²) in [4.78, 5) is 4.71. The van der Waals surface area contributed by atoms with Crippen molar-refractivity contribution in [3.05, 3.63) is 103 Å². The van der Waals surface area contributed by atoms with Crippen molar-refractivity contribution in [2.24, 2.45) is 0 Å². The van der Waals surface area contributed by atoms with Crippen molar-refractivity contribution in [2.45, 2.75) is 0 Å². The van der Waals surface area contributed by atoms with E-state index in [1.165, 1.54) is 32.4 Å². The number of hydrogen-bond acceptors (Lipinski definition) is 2. The Labute approximate surface area is 228 Å². The normalized spacial score (nSPS) is 12.2. The van der Waals surface area contributed by atoms with E-state index in [1.54, 1.807) is 0 Å². The lowest BCUT2D eigenvalue weighted by Crippen LogP contribution is -2.22. The first-order chi connectivity index (χ1) is 17.2. The van der Waals surface area contributed by atoms with E-state index < -0.39 is 0 Å². The molecule has 0 saturated heterocycles. The Hall–Kier alpha value is -3.11. The Kier molecular flexibility index (Phi) is 4.99. The average Bonchev–Trinajstić information content (AvgIpc) is 3.27. The van der Waals surface area contributed by atoms with Crippen molar-refractivity contribution in [1.82, 2.24) is 4.98 Å². The number of halogens is 2. The molecule has 0 N–H and O–H groups in total. The van der Waals surface area contributed by atoms with Crippen LogP contribution < -0.4 is 5.56 Å². The molecule has 0 aliphatic heterocycles. The highest BCUT2D eigenvalue weighted by Crippen LogP contribution is 2.43. The van der Waals surface area contributed by atoms with Gasteiger partial charge in [0, 0.05) is 46.1 Å². The van der Waals surface area contributed by atoms with E-state index in [-0.39, 0.29) is 0 Å². The number of benzene rings is 3. The average molecular weight is 677 g/mol. The number of furan rings is 1. The molecular weight excluding hydrogens is 660 g/mol. The number of hydrogen-bond donors (Lipinski definition) is 0.